The van der Waals surface area contributed by atoms with Gasteiger partial charge in [-0.2, -0.15) is 24.4 Å². The third kappa shape index (κ3) is 1.75. The molecule has 0 heterocycles. The van der Waals surface area contributed by atoms with E-state index in [9.17, 15) is 0 Å². The molecule has 0 spiro atoms. The Kier molecular flexibility index (Phi) is 2.96. The molecule has 4 bridgehead atoms. The van der Waals surface area contributed by atoms with E-state index in [2.05, 4.69) is 23.9 Å². The third-order valence-electron chi connectivity index (χ3n) is 8.66. The van der Waals surface area contributed by atoms with Gasteiger partial charge in [0.1, 0.15) is 0 Å². The summed E-state index contributed by atoms with van der Waals surface area (Å²) in [6.07, 6.45) is 15.8. The Morgan fingerprint density at radius 2 is 1.55 bits per heavy atom. The van der Waals surface area contributed by atoms with Crippen LogP contribution < -0.4 is 0 Å². The van der Waals surface area contributed by atoms with Crippen molar-refractivity contribution in [1.82, 2.24) is 0 Å². The van der Waals surface area contributed by atoms with Crippen LogP contribution in [0.5, 0.6) is 0 Å². The minimum atomic E-state index is 0.742. The van der Waals surface area contributed by atoms with Gasteiger partial charge in [-0.25, -0.2) is 0 Å². The molecule has 10 unspecified atom stereocenters. The van der Waals surface area contributed by atoms with Crippen LogP contribution in [0.15, 0.2) is 12.2 Å². The van der Waals surface area contributed by atoms with Gasteiger partial charge in [0.15, 0.2) is 0 Å². The fourth-order valence-electron chi connectivity index (χ4n) is 7.96. The van der Waals surface area contributed by atoms with Crippen molar-refractivity contribution in [3.8, 4) is 0 Å². The second-order valence-electron chi connectivity index (χ2n) is 9.33. The van der Waals surface area contributed by atoms with Crippen LogP contribution in [-0.2, 0) is 0 Å². The third-order valence-corrected chi connectivity index (χ3v) is 10.9. The first-order chi connectivity index (χ1) is 10.8. The van der Waals surface area contributed by atoms with E-state index < -0.39 is 0 Å². The first-order valence-electron chi connectivity index (χ1n) is 9.80. The van der Waals surface area contributed by atoms with Crippen molar-refractivity contribution >= 4 is 24.4 Å². The molecule has 0 aromatic rings. The van der Waals surface area contributed by atoms with Crippen molar-refractivity contribution in [3.63, 3.8) is 0 Å². The molecule has 0 radical (unpaired) electrons. The summed E-state index contributed by atoms with van der Waals surface area (Å²) in [5.74, 6) is 8.29. The van der Waals surface area contributed by atoms with Crippen LogP contribution in [0.4, 0.5) is 0 Å². The van der Waals surface area contributed by atoms with Crippen molar-refractivity contribution in [1.29, 1.82) is 0 Å². The number of allylic oxidation sites excluding steroid dienone is 2. The lowest BCUT2D eigenvalue weighted by Gasteiger charge is -2.34. The Morgan fingerprint density at radius 3 is 2.32 bits per heavy atom. The molecule has 0 nitrogen and oxygen atoms in total. The molecule has 0 aromatic carbocycles. The summed E-state index contributed by atoms with van der Waals surface area (Å²) >= 11 is 7.41. The second kappa shape index (κ2) is 4.75. The lowest BCUT2D eigenvalue weighted by atomic mass is 9.81. The highest BCUT2D eigenvalue weighted by Gasteiger charge is 2.57. The molecule has 5 saturated carbocycles. The molecule has 0 aromatic heterocycles. The molecule has 2 heteroatoms. The van der Waals surface area contributed by atoms with Crippen LogP contribution >= 0.6 is 24.4 Å². The van der Waals surface area contributed by atoms with Crippen molar-refractivity contribution in [2.75, 3.05) is 0 Å². The van der Waals surface area contributed by atoms with Gasteiger partial charge in [0.25, 0.3) is 0 Å². The number of thioether (sulfide) groups is 1. The van der Waals surface area contributed by atoms with Crippen molar-refractivity contribution in [3.05, 3.63) is 12.2 Å². The standard InChI is InChI=1S/C20H28S2/c21-18-4-3-14-12-6-17(20(14)18)19(7-12)22-13-8-15-10-1-2-11(5-10)16(15)9-13/h1-2,10-21H,3-9H2. The van der Waals surface area contributed by atoms with Gasteiger partial charge >= 0.3 is 0 Å². The SMILES string of the molecule is SC1CCC2C3CC(SC4CC5C6C=CC(C6)C5C4)C(C3)C12. The number of rotatable bonds is 2. The molecule has 0 aliphatic heterocycles. The Labute approximate surface area is 144 Å². The summed E-state index contributed by atoms with van der Waals surface area (Å²) in [6, 6.07) is 0. The highest BCUT2D eigenvalue weighted by molar-refractivity contribution is 8.00. The number of thiol groups is 1. The largest absolute Gasteiger partial charge is 0.176 e. The van der Waals surface area contributed by atoms with Crippen molar-refractivity contribution in [2.45, 2.75) is 60.7 Å². The summed E-state index contributed by atoms with van der Waals surface area (Å²) in [5.41, 5.74) is 0. The van der Waals surface area contributed by atoms with Crippen LogP contribution in [0, 0.1) is 47.3 Å². The summed E-state index contributed by atoms with van der Waals surface area (Å²) < 4.78 is 0. The predicted octanol–water partition coefficient (Wildman–Crippen LogP) is 5.05. The Balaban J connectivity index is 1.15. The zero-order valence-corrected chi connectivity index (χ0v) is 15.0. The van der Waals surface area contributed by atoms with Crippen LogP contribution in [0.3, 0.4) is 0 Å². The average molecular weight is 333 g/mol. The van der Waals surface area contributed by atoms with Crippen LogP contribution in [0.25, 0.3) is 0 Å². The maximum atomic E-state index is 4.96. The monoisotopic (exact) mass is 332 g/mol. The molecule has 0 N–H and O–H groups in total. The van der Waals surface area contributed by atoms with Crippen LogP contribution in [-0.4, -0.2) is 15.7 Å². The van der Waals surface area contributed by atoms with E-state index >= 15 is 0 Å². The Hall–Kier alpha value is 0.440. The predicted molar refractivity (Wildman–Crippen MR) is 97.3 cm³/mol. The van der Waals surface area contributed by atoms with Gasteiger partial charge in [0, 0.05) is 15.7 Å². The molecule has 5 fully saturated rings. The first-order valence-corrected chi connectivity index (χ1v) is 11.3. The molecular formula is C20H28S2. The van der Waals surface area contributed by atoms with Crippen LogP contribution in [0.1, 0.15) is 44.9 Å². The number of fused-ring (bicyclic) bond motifs is 10. The van der Waals surface area contributed by atoms with E-state index in [-0.39, 0.29) is 0 Å². The van der Waals surface area contributed by atoms with Crippen LogP contribution in [0.2, 0.25) is 0 Å². The molecule has 10 atom stereocenters. The number of hydrogen-bond acceptors (Lipinski definition) is 2. The number of hydrogen-bond donors (Lipinski definition) is 1. The van der Waals surface area contributed by atoms with Gasteiger partial charge in [-0.3, -0.25) is 0 Å². The molecule has 120 valence electrons. The maximum Gasteiger partial charge on any atom is 0.00840 e. The van der Waals surface area contributed by atoms with Crippen molar-refractivity contribution < 1.29 is 0 Å². The van der Waals surface area contributed by atoms with Gasteiger partial charge in [0.2, 0.25) is 0 Å². The fraction of sp³-hybridized carbons (Fsp3) is 0.900. The van der Waals surface area contributed by atoms with Gasteiger partial charge in [-0.1, -0.05) is 12.2 Å². The van der Waals surface area contributed by atoms with E-state index in [1.165, 1.54) is 19.3 Å². The van der Waals surface area contributed by atoms with E-state index in [1.54, 1.807) is 25.7 Å². The van der Waals surface area contributed by atoms with E-state index in [0.29, 0.717) is 0 Å². The Morgan fingerprint density at radius 1 is 0.773 bits per heavy atom. The Bertz CT molecular complexity index is 494. The minimum absolute atomic E-state index is 0.742. The highest BCUT2D eigenvalue weighted by Crippen LogP contribution is 2.64. The zero-order chi connectivity index (χ0) is 14.4. The summed E-state index contributed by atoms with van der Waals surface area (Å²) in [4.78, 5) is 0. The zero-order valence-electron chi connectivity index (χ0n) is 13.3. The van der Waals surface area contributed by atoms with Gasteiger partial charge in [-0.15, -0.1) is 0 Å². The summed E-state index contributed by atoms with van der Waals surface area (Å²) in [5, 5.41) is 2.75. The molecular weight excluding hydrogens is 304 g/mol. The van der Waals surface area contributed by atoms with Gasteiger partial charge in [0.05, 0.1) is 0 Å². The van der Waals surface area contributed by atoms with E-state index in [1.807, 2.05) is 0 Å². The lowest BCUT2D eigenvalue weighted by Crippen LogP contribution is -2.31. The van der Waals surface area contributed by atoms with Crippen molar-refractivity contribution in [2.24, 2.45) is 47.3 Å². The topological polar surface area (TPSA) is 0 Å². The second-order valence-corrected chi connectivity index (χ2v) is 11.5. The first kappa shape index (κ1) is 13.7. The average Bonchev–Trinajstić information content (AvgIpc) is 3.27. The fourth-order valence-corrected chi connectivity index (χ4v) is 10.6. The normalized spacial score (nSPS) is 63.8. The minimum Gasteiger partial charge on any atom is -0.176 e. The quantitative estimate of drug-likeness (QED) is 0.545. The molecule has 0 amide bonds. The molecule has 6 aliphatic carbocycles. The van der Waals surface area contributed by atoms with E-state index in [4.69, 9.17) is 12.6 Å². The van der Waals surface area contributed by atoms with E-state index in [0.717, 1.165) is 63.1 Å². The lowest BCUT2D eigenvalue weighted by molar-refractivity contribution is 0.270. The highest BCUT2D eigenvalue weighted by atomic mass is 32.2. The maximum absolute atomic E-state index is 4.96. The van der Waals surface area contributed by atoms with Gasteiger partial charge < -0.3 is 0 Å². The summed E-state index contributed by atoms with van der Waals surface area (Å²) in [6.45, 7) is 0. The molecule has 0 saturated heterocycles. The molecule has 6 aliphatic rings. The summed E-state index contributed by atoms with van der Waals surface area (Å²) in [7, 11) is 0. The molecule has 6 rings (SSSR count). The van der Waals surface area contributed by atoms with Gasteiger partial charge in [-0.05, 0) is 92.3 Å². The smallest absolute Gasteiger partial charge is 0.00840 e. The molecule has 22 heavy (non-hydrogen) atoms.